The highest BCUT2D eigenvalue weighted by molar-refractivity contribution is 5.08. The third-order valence-corrected chi connectivity index (χ3v) is 4.13. The molecule has 0 aliphatic heterocycles. The van der Waals surface area contributed by atoms with E-state index in [1.54, 1.807) is 7.11 Å². The largest absolute Gasteiger partial charge is 0.383 e. The van der Waals surface area contributed by atoms with Gasteiger partial charge in [0.1, 0.15) is 0 Å². The molecule has 0 saturated carbocycles. The number of hydrogen-bond donors (Lipinski definition) is 1. The highest BCUT2D eigenvalue weighted by Gasteiger charge is 2.28. The Morgan fingerprint density at radius 3 is 2.75 bits per heavy atom. The Bertz CT molecular complexity index is 364. The van der Waals surface area contributed by atoms with Crippen LogP contribution in [0.5, 0.6) is 0 Å². The van der Waals surface area contributed by atoms with Gasteiger partial charge in [0.05, 0.1) is 12.8 Å². The summed E-state index contributed by atoms with van der Waals surface area (Å²) in [4.78, 5) is 0. The maximum atomic E-state index is 5.12. The molecule has 4 heteroatoms. The predicted octanol–water partition coefficient (Wildman–Crippen LogP) is 2.79. The van der Waals surface area contributed by atoms with Gasteiger partial charge in [0, 0.05) is 33.4 Å². The minimum absolute atomic E-state index is 0.340. The Labute approximate surface area is 123 Å². The number of aromatic nitrogens is 2. The van der Waals surface area contributed by atoms with E-state index in [2.05, 4.69) is 30.5 Å². The van der Waals surface area contributed by atoms with Crippen molar-refractivity contribution in [1.82, 2.24) is 15.1 Å². The normalized spacial score (nSPS) is 14.4. The average Bonchev–Trinajstić information content (AvgIpc) is 2.86. The standard InChI is InChI=1S/C16H31N3O/c1-5-7-8-16(6-2,14-17-9-10-20-4)11-15-12-18-19(3)13-15/h12-13,17H,5-11,14H2,1-4H3. The number of nitrogens with zero attached hydrogens (tertiary/aromatic N) is 2. The highest BCUT2D eigenvalue weighted by atomic mass is 16.5. The second-order valence-corrected chi connectivity index (χ2v) is 5.83. The van der Waals surface area contributed by atoms with Crippen LogP contribution < -0.4 is 5.32 Å². The zero-order valence-electron chi connectivity index (χ0n) is 13.6. The molecule has 0 fully saturated rings. The molecule has 0 aliphatic rings. The van der Waals surface area contributed by atoms with Crippen LogP contribution in [0.3, 0.4) is 0 Å². The highest BCUT2D eigenvalue weighted by Crippen LogP contribution is 2.32. The molecular formula is C16H31N3O. The van der Waals surface area contributed by atoms with Crippen LogP contribution in [-0.2, 0) is 18.2 Å². The van der Waals surface area contributed by atoms with Crippen molar-refractivity contribution in [2.45, 2.75) is 46.0 Å². The maximum absolute atomic E-state index is 5.12. The fraction of sp³-hybridized carbons (Fsp3) is 0.812. The van der Waals surface area contributed by atoms with Crippen molar-refractivity contribution in [3.63, 3.8) is 0 Å². The van der Waals surface area contributed by atoms with Gasteiger partial charge >= 0.3 is 0 Å². The minimum Gasteiger partial charge on any atom is -0.383 e. The monoisotopic (exact) mass is 281 g/mol. The van der Waals surface area contributed by atoms with Gasteiger partial charge in [-0.05, 0) is 30.2 Å². The van der Waals surface area contributed by atoms with E-state index in [4.69, 9.17) is 4.74 Å². The molecule has 0 bridgehead atoms. The van der Waals surface area contributed by atoms with Crippen LogP contribution >= 0.6 is 0 Å². The molecule has 0 aromatic carbocycles. The molecular weight excluding hydrogens is 250 g/mol. The van der Waals surface area contributed by atoms with Crippen LogP contribution in [0, 0.1) is 5.41 Å². The SMILES string of the molecule is CCCCC(CC)(CNCCOC)Cc1cnn(C)c1. The smallest absolute Gasteiger partial charge is 0.0587 e. The zero-order chi connectivity index (χ0) is 14.8. The fourth-order valence-corrected chi connectivity index (χ4v) is 2.74. The molecule has 1 atom stereocenters. The number of hydrogen-bond acceptors (Lipinski definition) is 3. The van der Waals surface area contributed by atoms with Crippen LogP contribution in [0.1, 0.15) is 45.1 Å². The van der Waals surface area contributed by atoms with Gasteiger partial charge in [-0.25, -0.2) is 0 Å². The van der Waals surface area contributed by atoms with E-state index in [1.165, 1.54) is 31.2 Å². The quantitative estimate of drug-likeness (QED) is 0.634. The first kappa shape index (κ1) is 17.2. The van der Waals surface area contributed by atoms with Crippen molar-refractivity contribution in [3.05, 3.63) is 18.0 Å². The molecule has 116 valence electrons. The maximum Gasteiger partial charge on any atom is 0.0587 e. The van der Waals surface area contributed by atoms with E-state index in [1.807, 2.05) is 17.9 Å². The lowest BCUT2D eigenvalue weighted by Crippen LogP contribution is -2.37. The summed E-state index contributed by atoms with van der Waals surface area (Å²) in [6.45, 7) is 7.34. The second-order valence-electron chi connectivity index (χ2n) is 5.83. The molecule has 0 aliphatic carbocycles. The molecule has 0 spiro atoms. The van der Waals surface area contributed by atoms with E-state index in [9.17, 15) is 0 Å². The van der Waals surface area contributed by atoms with E-state index in [0.717, 1.165) is 26.1 Å². The van der Waals surface area contributed by atoms with Crippen molar-refractivity contribution in [2.75, 3.05) is 26.8 Å². The Morgan fingerprint density at radius 1 is 1.40 bits per heavy atom. The number of methoxy groups -OCH3 is 1. The Hall–Kier alpha value is -0.870. The van der Waals surface area contributed by atoms with Crippen LogP contribution in [-0.4, -0.2) is 36.6 Å². The van der Waals surface area contributed by atoms with E-state index < -0.39 is 0 Å². The summed E-state index contributed by atoms with van der Waals surface area (Å²) in [5, 5.41) is 7.86. The summed E-state index contributed by atoms with van der Waals surface area (Å²) in [5.41, 5.74) is 1.69. The van der Waals surface area contributed by atoms with E-state index >= 15 is 0 Å². The lowest BCUT2D eigenvalue weighted by atomic mass is 9.75. The summed E-state index contributed by atoms with van der Waals surface area (Å²) in [5.74, 6) is 0. The first-order chi connectivity index (χ1) is 9.65. The lowest BCUT2D eigenvalue weighted by Gasteiger charge is -2.33. The number of aryl methyl sites for hydroxylation is 1. The Kier molecular flexibility index (Phi) is 7.85. The van der Waals surface area contributed by atoms with Crippen LogP contribution in [0.15, 0.2) is 12.4 Å². The molecule has 1 heterocycles. The van der Waals surface area contributed by atoms with Crippen LogP contribution in [0.2, 0.25) is 0 Å². The number of rotatable bonds is 11. The van der Waals surface area contributed by atoms with Gasteiger partial charge in [0.2, 0.25) is 0 Å². The molecule has 1 aromatic rings. The van der Waals surface area contributed by atoms with Gasteiger partial charge in [-0.2, -0.15) is 5.10 Å². The van der Waals surface area contributed by atoms with Crippen LogP contribution in [0.25, 0.3) is 0 Å². The molecule has 1 unspecified atom stereocenters. The van der Waals surface area contributed by atoms with Crippen molar-refractivity contribution < 1.29 is 4.74 Å². The van der Waals surface area contributed by atoms with E-state index in [0.29, 0.717) is 5.41 Å². The average molecular weight is 281 g/mol. The number of nitrogens with one attached hydrogen (secondary N) is 1. The first-order valence-corrected chi connectivity index (χ1v) is 7.83. The number of unbranched alkanes of at least 4 members (excludes halogenated alkanes) is 1. The molecule has 0 radical (unpaired) electrons. The summed E-state index contributed by atoms with van der Waals surface area (Å²) in [6, 6.07) is 0. The molecule has 0 saturated heterocycles. The van der Waals surface area contributed by atoms with Crippen LogP contribution in [0.4, 0.5) is 0 Å². The molecule has 20 heavy (non-hydrogen) atoms. The Morgan fingerprint density at radius 2 is 2.20 bits per heavy atom. The summed E-state index contributed by atoms with van der Waals surface area (Å²) >= 11 is 0. The fourth-order valence-electron chi connectivity index (χ4n) is 2.74. The number of ether oxygens (including phenoxy) is 1. The lowest BCUT2D eigenvalue weighted by molar-refractivity contribution is 0.182. The van der Waals surface area contributed by atoms with Crippen molar-refractivity contribution in [2.24, 2.45) is 12.5 Å². The summed E-state index contributed by atoms with van der Waals surface area (Å²) in [7, 11) is 3.74. The van der Waals surface area contributed by atoms with Crippen molar-refractivity contribution >= 4 is 0 Å². The molecule has 1 rings (SSSR count). The van der Waals surface area contributed by atoms with E-state index in [-0.39, 0.29) is 0 Å². The third-order valence-electron chi connectivity index (χ3n) is 4.13. The Balaban J connectivity index is 2.64. The molecule has 1 N–H and O–H groups in total. The topological polar surface area (TPSA) is 39.1 Å². The first-order valence-electron chi connectivity index (χ1n) is 7.83. The minimum atomic E-state index is 0.340. The second kappa shape index (κ2) is 9.14. The molecule has 1 aromatic heterocycles. The van der Waals surface area contributed by atoms with Gasteiger partial charge in [-0.1, -0.05) is 26.7 Å². The zero-order valence-corrected chi connectivity index (χ0v) is 13.6. The van der Waals surface area contributed by atoms with Gasteiger partial charge < -0.3 is 10.1 Å². The van der Waals surface area contributed by atoms with Crippen molar-refractivity contribution in [3.8, 4) is 0 Å². The van der Waals surface area contributed by atoms with Crippen molar-refractivity contribution in [1.29, 1.82) is 0 Å². The molecule has 4 nitrogen and oxygen atoms in total. The van der Waals surface area contributed by atoms with Gasteiger partial charge in [0.15, 0.2) is 0 Å². The van der Waals surface area contributed by atoms with Gasteiger partial charge in [-0.15, -0.1) is 0 Å². The predicted molar refractivity (Wildman–Crippen MR) is 83.9 cm³/mol. The molecule has 0 amide bonds. The summed E-state index contributed by atoms with van der Waals surface area (Å²) < 4.78 is 7.01. The third kappa shape index (κ3) is 5.63. The summed E-state index contributed by atoms with van der Waals surface area (Å²) in [6.07, 6.45) is 10.3. The van der Waals surface area contributed by atoms with Gasteiger partial charge in [-0.3, -0.25) is 4.68 Å². The van der Waals surface area contributed by atoms with Gasteiger partial charge in [0.25, 0.3) is 0 Å².